The molecule has 0 heterocycles. The number of hydrogen-bond donors (Lipinski definition) is 3. The van der Waals surface area contributed by atoms with E-state index in [1.54, 1.807) is 0 Å². The van der Waals surface area contributed by atoms with Crippen LogP contribution >= 0.6 is 24.0 Å². The Bertz CT molecular complexity index is 64.7. The third-order valence-electron chi connectivity index (χ3n) is 0. The molecule has 4 nitrogen and oxygen atoms in total. The SMILES string of the molecule is Cl.O=P(O)(O)O.[Cl][K].[NaH]. The molecule has 50 valence electrons. The first-order valence-electron chi connectivity index (χ1n) is 1.16. The van der Waals surface area contributed by atoms with Gasteiger partial charge in [-0.2, -0.15) is 0 Å². The molecule has 0 bridgehead atoms. The Balaban J connectivity index is -0.0000000286. The summed E-state index contributed by atoms with van der Waals surface area (Å²) in [5.41, 5.74) is 0. The van der Waals surface area contributed by atoms with Gasteiger partial charge >= 0.3 is 88.3 Å². The second-order valence-electron chi connectivity index (χ2n) is 0.513. The molecule has 0 fully saturated rings. The van der Waals surface area contributed by atoms with Crippen molar-refractivity contribution in [2.45, 2.75) is 0 Å². The predicted octanol–water partition coefficient (Wildman–Crippen LogP) is -0.847. The molecular weight excluding hydrogens is 228 g/mol. The van der Waals surface area contributed by atoms with Crippen LogP contribution in [0.1, 0.15) is 0 Å². The summed E-state index contributed by atoms with van der Waals surface area (Å²) in [6.45, 7) is 0. The first kappa shape index (κ1) is 22.8. The second-order valence-corrected chi connectivity index (χ2v) is 1.54. The summed E-state index contributed by atoms with van der Waals surface area (Å²) >= 11 is 0.535. The Morgan fingerprint density at radius 1 is 1.22 bits per heavy atom. The summed E-state index contributed by atoms with van der Waals surface area (Å²) in [5.74, 6) is 0. The van der Waals surface area contributed by atoms with Crippen LogP contribution in [0.5, 0.6) is 0 Å². The summed E-state index contributed by atoms with van der Waals surface area (Å²) in [6, 6.07) is 0. The van der Waals surface area contributed by atoms with E-state index in [-0.39, 0.29) is 42.0 Å². The number of phosphoric acid groups is 1. The second kappa shape index (κ2) is 13.9. The van der Waals surface area contributed by atoms with E-state index >= 15 is 0 Å². The molecule has 9 heavy (non-hydrogen) atoms. The van der Waals surface area contributed by atoms with Crippen molar-refractivity contribution in [3.8, 4) is 0 Å². The van der Waals surface area contributed by atoms with E-state index in [1.165, 1.54) is 0 Å². The van der Waals surface area contributed by atoms with Crippen LogP contribution in [0.3, 0.4) is 0 Å². The fraction of sp³-hybridized carbons (Fsp3) is 0. The quantitative estimate of drug-likeness (QED) is 0.376. The molecule has 0 aliphatic carbocycles. The predicted molar refractivity (Wildman–Crippen MR) is 40.3 cm³/mol. The van der Waals surface area contributed by atoms with Gasteiger partial charge in [0, 0.05) is 0 Å². The molecule has 0 saturated heterocycles. The third-order valence-corrected chi connectivity index (χ3v) is 0. The van der Waals surface area contributed by atoms with Crippen molar-refractivity contribution in [2.75, 3.05) is 0 Å². The molecule has 0 atom stereocenters. The molecule has 0 unspecified atom stereocenters. The van der Waals surface area contributed by atoms with Gasteiger partial charge in [0.2, 0.25) is 0 Å². The number of hydrogen-bond acceptors (Lipinski definition) is 1. The average molecular weight is 233 g/mol. The van der Waals surface area contributed by atoms with Crippen molar-refractivity contribution in [2.24, 2.45) is 0 Å². The first-order valence-corrected chi connectivity index (χ1v) is 7.02. The molecule has 0 aliphatic heterocycles. The summed E-state index contributed by atoms with van der Waals surface area (Å²) in [7, 11) is -4.64. The fourth-order valence-electron chi connectivity index (χ4n) is 0. The van der Waals surface area contributed by atoms with Crippen molar-refractivity contribution in [3.63, 3.8) is 0 Å². The minimum atomic E-state index is -4.64. The van der Waals surface area contributed by atoms with Crippen molar-refractivity contribution in [1.29, 1.82) is 0 Å². The molecule has 0 rings (SSSR count). The molecule has 0 aromatic rings. The molecule has 0 aromatic heterocycles. The Labute approximate surface area is 117 Å². The van der Waals surface area contributed by atoms with Crippen LogP contribution in [0.25, 0.3) is 0 Å². The molecule has 0 aromatic carbocycles. The van der Waals surface area contributed by atoms with Crippen LogP contribution in [0.2, 0.25) is 0 Å². The topological polar surface area (TPSA) is 77.8 Å². The molecule has 0 aliphatic rings. The van der Waals surface area contributed by atoms with E-state index in [9.17, 15) is 0 Å². The Morgan fingerprint density at radius 3 is 1.22 bits per heavy atom. The number of rotatable bonds is 0. The minimum absolute atomic E-state index is 0. The molecule has 0 saturated carbocycles. The van der Waals surface area contributed by atoms with Crippen LogP contribution in [-0.2, 0) is 4.57 Å². The fourth-order valence-corrected chi connectivity index (χ4v) is 0. The third kappa shape index (κ3) is 89.0. The van der Waals surface area contributed by atoms with Gasteiger partial charge in [-0.15, -0.1) is 12.4 Å². The average Bonchev–Trinajstić information content (AvgIpc) is 1.36. The molecule has 0 amide bonds. The molecular formula is H5Cl2KNaO4P. The zero-order chi connectivity index (χ0) is 6.50. The van der Waals surface area contributed by atoms with Gasteiger partial charge in [0.25, 0.3) is 0 Å². The van der Waals surface area contributed by atoms with E-state index < -0.39 is 7.82 Å². The van der Waals surface area contributed by atoms with E-state index in [2.05, 4.69) is 0 Å². The summed E-state index contributed by atoms with van der Waals surface area (Å²) < 4.78 is 13.7. The van der Waals surface area contributed by atoms with Crippen molar-refractivity contribution < 1.29 is 19.2 Å². The van der Waals surface area contributed by atoms with Gasteiger partial charge in [-0.3, -0.25) is 0 Å². The van der Waals surface area contributed by atoms with E-state index in [0.29, 0.717) is 47.1 Å². The van der Waals surface area contributed by atoms with Gasteiger partial charge in [-0.25, -0.2) is 4.57 Å². The zero-order valence-electron chi connectivity index (χ0n) is 3.98. The van der Waals surface area contributed by atoms with Crippen molar-refractivity contribution in [1.82, 2.24) is 0 Å². The standard InChI is InChI=1S/2ClH.K.Na.H3O4P.H/c;;;;1-5(2,3)4;/h2*1H;;;(H3,1,2,3,4);/q;;+1;;;/p-1. The van der Waals surface area contributed by atoms with Gasteiger partial charge in [0.05, 0.1) is 0 Å². The molecule has 0 radical (unpaired) electrons. The monoisotopic (exact) mass is 232 g/mol. The summed E-state index contributed by atoms with van der Waals surface area (Å²) in [6.07, 6.45) is 0. The first-order chi connectivity index (χ1) is 3.00. The van der Waals surface area contributed by atoms with Crippen LogP contribution in [-0.4, -0.2) is 91.4 Å². The van der Waals surface area contributed by atoms with Gasteiger partial charge in [0.1, 0.15) is 0 Å². The van der Waals surface area contributed by atoms with E-state index in [1.807, 2.05) is 0 Å². The normalized spacial score (nSPS) is 7.33. The summed E-state index contributed by atoms with van der Waals surface area (Å²) in [4.78, 5) is 21.6. The van der Waals surface area contributed by atoms with E-state index in [4.69, 9.17) is 23.0 Å². The Hall–Kier alpha value is 3.33. The summed E-state index contributed by atoms with van der Waals surface area (Å²) in [5, 5.41) is 0. The maximum absolute atomic E-state index is 8.88. The van der Waals surface area contributed by atoms with Crippen molar-refractivity contribution in [3.05, 3.63) is 0 Å². The number of halogens is 2. The Morgan fingerprint density at radius 2 is 1.22 bits per heavy atom. The van der Waals surface area contributed by atoms with Crippen LogP contribution in [0, 0.1) is 0 Å². The van der Waals surface area contributed by atoms with Crippen molar-refractivity contribution >= 4 is 101 Å². The van der Waals surface area contributed by atoms with Gasteiger partial charge in [0.15, 0.2) is 0 Å². The van der Waals surface area contributed by atoms with Crippen LogP contribution < -0.4 is 0 Å². The van der Waals surface area contributed by atoms with E-state index in [0.717, 1.165) is 0 Å². The van der Waals surface area contributed by atoms with Gasteiger partial charge in [-0.05, 0) is 0 Å². The van der Waals surface area contributed by atoms with Gasteiger partial charge in [-0.1, -0.05) is 0 Å². The molecule has 9 heteroatoms. The molecule has 0 spiro atoms. The van der Waals surface area contributed by atoms with Gasteiger partial charge < -0.3 is 14.7 Å². The maximum atomic E-state index is 8.88. The van der Waals surface area contributed by atoms with Crippen LogP contribution in [0.15, 0.2) is 0 Å². The molecule has 3 N–H and O–H groups in total. The van der Waals surface area contributed by atoms with Crippen LogP contribution in [0.4, 0.5) is 0 Å². The zero-order valence-corrected chi connectivity index (χ0v) is 9.57. The Kier molecular flexibility index (Phi) is 35.2.